The Kier molecular flexibility index (Phi) is 2.60. The molecule has 0 fully saturated rings. The molecule has 0 unspecified atom stereocenters. The van der Waals surface area contributed by atoms with Gasteiger partial charge in [-0.1, -0.05) is 42.4 Å². The molecule has 0 aliphatic carbocycles. The molecular weight excluding hydrogens is 296 g/mol. The van der Waals surface area contributed by atoms with Gasteiger partial charge in [0.2, 0.25) is 0 Å². The first-order valence-electron chi connectivity index (χ1n) is 9.37. The monoisotopic (exact) mass is 316 g/mol. The average Bonchev–Trinajstić information content (AvgIpc) is 3.19. The summed E-state index contributed by atoms with van der Waals surface area (Å²) in [6, 6.07) is 4.37. The summed E-state index contributed by atoms with van der Waals surface area (Å²) < 4.78 is 55.3. The second-order valence-electron chi connectivity index (χ2n) is 4.31. The minimum absolute atomic E-state index is 0.127. The summed E-state index contributed by atoms with van der Waals surface area (Å²) in [5, 5.41) is -0.403. The van der Waals surface area contributed by atoms with Crippen molar-refractivity contribution < 1.29 is 13.0 Å². The fourth-order valence-corrected chi connectivity index (χ4v) is 1.97. The van der Waals surface area contributed by atoms with Crippen LogP contribution in [-0.2, 0) is 6.56 Å². The van der Waals surface area contributed by atoms with Crippen molar-refractivity contribution in [3.8, 4) is 5.75 Å². The van der Waals surface area contributed by atoms with Crippen molar-refractivity contribution in [2.45, 2.75) is 6.56 Å². The third-order valence-corrected chi connectivity index (χ3v) is 3.06. The second-order valence-corrected chi connectivity index (χ2v) is 4.68. The summed E-state index contributed by atoms with van der Waals surface area (Å²) >= 11 is 5.89. The zero-order valence-corrected chi connectivity index (χ0v) is 12.2. The second kappa shape index (κ2) is 6.50. The standard InChI is InChI=1S/C18H15ClN2O/c1-14(21-10-9-20-13-21)17-7-2-3-8-18(17)22-12-15-5-4-6-16(19)11-15/h2-11,13H,1,12H2/i4D,5D,6D,11D,12D2. The van der Waals surface area contributed by atoms with Gasteiger partial charge in [-0.3, -0.25) is 0 Å². The topological polar surface area (TPSA) is 27.1 Å². The predicted molar refractivity (Wildman–Crippen MR) is 88.9 cm³/mol. The molecule has 2 aromatic carbocycles. The largest absolute Gasteiger partial charge is 0.488 e. The van der Waals surface area contributed by atoms with Gasteiger partial charge < -0.3 is 9.30 Å². The SMILES string of the molecule is [2H]c1c([2H])c(Cl)c([2H])c(C([2H])([2H])Oc2ccccc2C(=C)n2ccnc2)c1[2H]. The van der Waals surface area contributed by atoms with E-state index in [1.807, 2.05) is 0 Å². The minimum atomic E-state index is -2.65. The van der Waals surface area contributed by atoms with E-state index in [1.54, 1.807) is 35.2 Å². The van der Waals surface area contributed by atoms with Crippen LogP contribution < -0.4 is 4.74 Å². The zero-order chi connectivity index (χ0) is 20.6. The molecule has 0 radical (unpaired) electrons. The van der Waals surface area contributed by atoms with Crippen LogP contribution in [0.4, 0.5) is 0 Å². The maximum Gasteiger partial charge on any atom is 0.129 e. The molecule has 0 aliphatic rings. The molecule has 0 spiro atoms. The van der Waals surface area contributed by atoms with Gasteiger partial charge in [0.05, 0.1) is 20.2 Å². The summed E-state index contributed by atoms with van der Waals surface area (Å²) in [4.78, 5) is 3.96. The normalized spacial score (nSPS) is 15.0. The number of aromatic nitrogens is 2. The first-order valence-corrected chi connectivity index (χ1v) is 6.75. The minimum Gasteiger partial charge on any atom is -0.488 e. The van der Waals surface area contributed by atoms with Crippen molar-refractivity contribution in [1.82, 2.24) is 9.55 Å². The van der Waals surface area contributed by atoms with Crippen LogP contribution >= 0.6 is 11.6 Å². The highest BCUT2D eigenvalue weighted by Gasteiger charge is 2.08. The Labute approximate surface area is 142 Å². The van der Waals surface area contributed by atoms with E-state index in [9.17, 15) is 0 Å². The number of nitrogens with zero attached hydrogens (tertiary/aromatic N) is 2. The molecule has 110 valence electrons. The molecule has 1 aromatic heterocycles. The summed E-state index contributed by atoms with van der Waals surface area (Å²) in [6.45, 7) is 1.33. The van der Waals surface area contributed by atoms with E-state index in [4.69, 9.17) is 24.6 Å². The molecule has 0 saturated carbocycles. The van der Waals surface area contributed by atoms with Crippen LogP contribution in [0.1, 0.15) is 19.4 Å². The Morgan fingerprint density at radius 2 is 2.27 bits per heavy atom. The molecule has 0 bridgehead atoms. The average molecular weight is 317 g/mol. The lowest BCUT2D eigenvalue weighted by molar-refractivity contribution is 0.305. The Bertz CT molecular complexity index is 1020. The van der Waals surface area contributed by atoms with Crippen molar-refractivity contribution in [3.05, 3.63) is 89.9 Å². The van der Waals surface area contributed by atoms with Gasteiger partial charge in [-0.25, -0.2) is 4.98 Å². The van der Waals surface area contributed by atoms with Crippen LogP contribution in [0.3, 0.4) is 0 Å². The van der Waals surface area contributed by atoms with Gasteiger partial charge in [0.25, 0.3) is 0 Å². The van der Waals surface area contributed by atoms with Gasteiger partial charge in [-0.2, -0.15) is 0 Å². The van der Waals surface area contributed by atoms with E-state index in [1.165, 1.54) is 12.4 Å². The van der Waals surface area contributed by atoms with Crippen molar-refractivity contribution in [1.29, 1.82) is 0 Å². The van der Waals surface area contributed by atoms with E-state index in [-0.39, 0.29) is 5.75 Å². The van der Waals surface area contributed by atoms with E-state index >= 15 is 0 Å². The smallest absolute Gasteiger partial charge is 0.129 e. The van der Waals surface area contributed by atoms with E-state index < -0.39 is 41.3 Å². The van der Waals surface area contributed by atoms with Gasteiger partial charge in [-0.15, -0.1) is 0 Å². The third kappa shape index (κ3) is 3.21. The highest BCUT2D eigenvalue weighted by atomic mass is 35.5. The van der Waals surface area contributed by atoms with Gasteiger partial charge in [0.1, 0.15) is 12.3 Å². The molecule has 3 nitrogen and oxygen atoms in total. The van der Waals surface area contributed by atoms with Crippen LogP contribution in [-0.4, -0.2) is 9.55 Å². The van der Waals surface area contributed by atoms with Crippen LogP contribution in [0, 0.1) is 0 Å². The van der Waals surface area contributed by atoms with E-state index in [2.05, 4.69) is 11.6 Å². The number of benzene rings is 2. The highest BCUT2D eigenvalue weighted by Crippen LogP contribution is 2.26. The number of halogens is 1. The molecule has 3 aromatic rings. The number of hydrogen-bond acceptors (Lipinski definition) is 2. The summed E-state index contributed by atoms with van der Waals surface area (Å²) in [6.07, 6.45) is 4.79. The van der Waals surface area contributed by atoms with Crippen molar-refractivity contribution in [3.63, 3.8) is 0 Å². The molecule has 0 N–H and O–H groups in total. The molecule has 22 heavy (non-hydrogen) atoms. The van der Waals surface area contributed by atoms with Crippen LogP contribution in [0.15, 0.2) is 73.7 Å². The number of rotatable bonds is 5. The predicted octanol–water partition coefficient (Wildman–Crippen LogP) is 4.63. The summed E-state index contributed by atoms with van der Waals surface area (Å²) in [5.41, 5.74) is 0.458. The Hall–Kier alpha value is -2.52. The fourth-order valence-electron chi connectivity index (χ4n) is 1.83. The van der Waals surface area contributed by atoms with Gasteiger partial charge in [0, 0.05) is 23.0 Å². The number of para-hydroxylation sites is 1. The number of hydrogen-bond donors (Lipinski definition) is 0. The first kappa shape index (κ1) is 8.81. The van der Waals surface area contributed by atoms with Crippen molar-refractivity contribution in [2.75, 3.05) is 0 Å². The van der Waals surface area contributed by atoms with Gasteiger partial charge in [0.15, 0.2) is 0 Å². The summed E-state index contributed by atoms with van der Waals surface area (Å²) in [5.74, 6) is 0.127. The maximum atomic E-state index is 8.31. The van der Waals surface area contributed by atoms with E-state index in [0.29, 0.717) is 11.3 Å². The number of ether oxygens (including phenoxy) is 1. The Morgan fingerprint density at radius 3 is 3.09 bits per heavy atom. The number of imidazole rings is 1. The molecule has 0 amide bonds. The van der Waals surface area contributed by atoms with Crippen molar-refractivity contribution >= 4 is 17.3 Å². The van der Waals surface area contributed by atoms with Gasteiger partial charge in [-0.05, 0) is 29.8 Å². The fraction of sp³-hybridized carbons (Fsp3) is 0.0556. The Morgan fingerprint density at radius 1 is 1.41 bits per heavy atom. The molecular formula is C18H15ClN2O. The van der Waals surface area contributed by atoms with E-state index in [0.717, 1.165) is 0 Å². The summed E-state index contributed by atoms with van der Waals surface area (Å²) in [7, 11) is 0. The lowest BCUT2D eigenvalue weighted by Gasteiger charge is -2.14. The maximum absolute atomic E-state index is 8.31. The van der Waals surface area contributed by atoms with Crippen molar-refractivity contribution in [2.24, 2.45) is 0 Å². The molecule has 3 rings (SSSR count). The lowest BCUT2D eigenvalue weighted by Crippen LogP contribution is -2.01. The molecule has 0 atom stereocenters. The molecule has 4 heteroatoms. The zero-order valence-electron chi connectivity index (χ0n) is 17.4. The van der Waals surface area contributed by atoms with Crippen LogP contribution in [0.25, 0.3) is 5.70 Å². The molecule has 0 aliphatic heterocycles. The molecule has 1 heterocycles. The molecule has 0 saturated heterocycles. The Balaban J connectivity index is 2.07. The highest BCUT2D eigenvalue weighted by molar-refractivity contribution is 6.30. The first-order chi connectivity index (χ1) is 13.1. The third-order valence-electron chi connectivity index (χ3n) is 2.87. The van der Waals surface area contributed by atoms with Crippen LogP contribution in [0.5, 0.6) is 5.75 Å². The quantitative estimate of drug-likeness (QED) is 0.686. The lowest BCUT2D eigenvalue weighted by atomic mass is 10.1. The van der Waals surface area contributed by atoms with Gasteiger partial charge >= 0.3 is 0 Å². The van der Waals surface area contributed by atoms with Crippen LogP contribution in [0.2, 0.25) is 5.02 Å².